The maximum Gasteiger partial charge on any atom is 0.197 e. The monoisotopic (exact) mass is 372 g/mol. The van der Waals surface area contributed by atoms with Crippen LogP contribution in [0, 0.1) is 29.6 Å². The van der Waals surface area contributed by atoms with Gasteiger partial charge in [-0.1, -0.05) is 6.07 Å². The Labute approximate surface area is 161 Å². The van der Waals surface area contributed by atoms with E-state index in [0.717, 1.165) is 0 Å². The van der Waals surface area contributed by atoms with Crippen LogP contribution in [0.5, 0.6) is 0 Å². The number of rotatable bonds is 5. The van der Waals surface area contributed by atoms with E-state index in [-0.39, 0.29) is 11.4 Å². The molecule has 0 aliphatic carbocycles. The van der Waals surface area contributed by atoms with E-state index >= 15 is 0 Å². The van der Waals surface area contributed by atoms with E-state index in [1.165, 1.54) is 10.9 Å². The number of hydrogen-bond donors (Lipinski definition) is 2. The lowest BCUT2D eigenvalue weighted by Gasteiger charge is -2.12. The van der Waals surface area contributed by atoms with Crippen LogP contribution in [-0.4, -0.2) is 33.8 Å². The first kappa shape index (κ1) is 18.5. The van der Waals surface area contributed by atoms with Crippen LogP contribution in [-0.2, 0) is 0 Å². The van der Waals surface area contributed by atoms with Crippen LogP contribution in [0.1, 0.15) is 16.7 Å². The number of nitriles is 2. The molecule has 0 atom stereocenters. The van der Waals surface area contributed by atoms with Gasteiger partial charge in [-0.05, 0) is 19.1 Å². The molecule has 10 nitrogen and oxygen atoms in total. The molecule has 0 aliphatic rings. The van der Waals surface area contributed by atoms with E-state index < -0.39 is 0 Å². The van der Waals surface area contributed by atoms with Crippen LogP contribution in [0.25, 0.3) is 5.82 Å². The maximum absolute atomic E-state index is 9.46. The van der Waals surface area contributed by atoms with E-state index in [1.54, 1.807) is 45.4 Å². The molecule has 0 fully saturated rings. The van der Waals surface area contributed by atoms with Gasteiger partial charge >= 0.3 is 0 Å². The minimum atomic E-state index is 0.235. The van der Waals surface area contributed by atoms with E-state index in [4.69, 9.17) is 0 Å². The van der Waals surface area contributed by atoms with Crippen LogP contribution < -0.4 is 10.6 Å². The largest absolute Gasteiger partial charge is 0.372 e. The summed E-state index contributed by atoms with van der Waals surface area (Å²) in [6.45, 7) is 1.76. The van der Waals surface area contributed by atoms with E-state index in [2.05, 4.69) is 42.0 Å². The van der Waals surface area contributed by atoms with Gasteiger partial charge in [0.1, 0.15) is 29.2 Å². The normalized spacial score (nSPS) is 10.5. The van der Waals surface area contributed by atoms with E-state index in [9.17, 15) is 10.5 Å². The number of pyridine rings is 2. The Morgan fingerprint density at radius 1 is 1.07 bits per heavy atom. The molecule has 3 rings (SSSR count). The van der Waals surface area contributed by atoms with Gasteiger partial charge in [0.2, 0.25) is 0 Å². The zero-order chi connectivity index (χ0) is 20.1. The fourth-order valence-corrected chi connectivity index (χ4v) is 2.57. The third-order valence-electron chi connectivity index (χ3n) is 3.98. The minimum absolute atomic E-state index is 0.235. The molecular weight excluding hydrogens is 356 g/mol. The molecule has 3 aromatic heterocycles. The summed E-state index contributed by atoms with van der Waals surface area (Å²) in [7, 11) is 3.39. The van der Waals surface area contributed by atoms with Crippen molar-refractivity contribution >= 4 is 23.1 Å². The third-order valence-corrected chi connectivity index (χ3v) is 3.98. The fourth-order valence-electron chi connectivity index (χ4n) is 2.57. The van der Waals surface area contributed by atoms with Gasteiger partial charge in [0.15, 0.2) is 17.5 Å². The number of hydrogen-bond acceptors (Lipinski definition) is 9. The van der Waals surface area contributed by atoms with Crippen molar-refractivity contribution in [3.8, 4) is 18.0 Å². The van der Waals surface area contributed by atoms with Gasteiger partial charge < -0.3 is 10.6 Å². The average Bonchev–Trinajstić information content (AvgIpc) is 3.15. The zero-order valence-corrected chi connectivity index (χ0v) is 15.5. The lowest BCUT2D eigenvalue weighted by atomic mass is 10.1. The molecule has 0 saturated heterocycles. The smallest absolute Gasteiger partial charge is 0.197 e. The van der Waals surface area contributed by atoms with Crippen LogP contribution in [0.15, 0.2) is 40.8 Å². The molecule has 2 N–H and O–H groups in total. The summed E-state index contributed by atoms with van der Waals surface area (Å²) >= 11 is 0. The first-order chi connectivity index (χ1) is 13.6. The molecule has 138 valence electrons. The Balaban J connectivity index is 2.15. The number of nitrogens with one attached hydrogen (secondary N) is 2. The quantitative estimate of drug-likeness (QED) is 0.655. The highest BCUT2D eigenvalue weighted by Gasteiger charge is 2.17. The number of azo groups is 1. The highest BCUT2D eigenvalue weighted by atomic mass is 15.4. The van der Waals surface area contributed by atoms with Crippen molar-refractivity contribution in [1.29, 1.82) is 10.5 Å². The number of aromatic nitrogens is 4. The topological polar surface area (TPSA) is 140 Å². The predicted molar refractivity (Wildman–Crippen MR) is 103 cm³/mol. The highest BCUT2D eigenvalue weighted by Crippen LogP contribution is 2.35. The Bertz CT molecular complexity index is 1120. The first-order valence-corrected chi connectivity index (χ1v) is 8.26. The highest BCUT2D eigenvalue weighted by molar-refractivity contribution is 5.74. The summed E-state index contributed by atoms with van der Waals surface area (Å²) in [4.78, 5) is 8.59. The maximum atomic E-state index is 9.46. The van der Waals surface area contributed by atoms with Gasteiger partial charge in [0, 0.05) is 25.9 Å². The minimum Gasteiger partial charge on any atom is -0.372 e. The van der Waals surface area contributed by atoms with Crippen molar-refractivity contribution in [3.63, 3.8) is 0 Å². The lowest BCUT2D eigenvalue weighted by molar-refractivity contribution is 0.839. The average molecular weight is 372 g/mol. The molecule has 0 aromatic carbocycles. The van der Waals surface area contributed by atoms with E-state index in [0.29, 0.717) is 34.3 Å². The molecule has 0 radical (unpaired) electrons. The summed E-state index contributed by atoms with van der Waals surface area (Å²) in [5.41, 5.74) is 1.63. The SMILES string of the molecule is CNc1nc(NC)c(N=Nc2c(C#N)cnn2-c2ccccn2)c(C)c1C#N. The van der Waals surface area contributed by atoms with Crippen LogP contribution >= 0.6 is 0 Å². The molecule has 3 heterocycles. The van der Waals surface area contributed by atoms with Crippen molar-refractivity contribution in [2.24, 2.45) is 10.2 Å². The molecule has 0 unspecified atom stereocenters. The van der Waals surface area contributed by atoms with Gasteiger partial charge in [0.25, 0.3) is 0 Å². The molecule has 0 bridgehead atoms. The van der Waals surface area contributed by atoms with Gasteiger partial charge in [-0.3, -0.25) is 0 Å². The first-order valence-electron chi connectivity index (χ1n) is 8.26. The lowest BCUT2D eigenvalue weighted by Crippen LogP contribution is -2.03. The molecule has 3 aromatic rings. The summed E-state index contributed by atoms with van der Waals surface area (Å²) in [5, 5.41) is 37.4. The van der Waals surface area contributed by atoms with Crippen molar-refractivity contribution in [2.45, 2.75) is 6.92 Å². The van der Waals surface area contributed by atoms with Gasteiger partial charge in [0.05, 0.1) is 11.8 Å². The number of anilines is 2. The Morgan fingerprint density at radius 3 is 2.46 bits per heavy atom. The summed E-state index contributed by atoms with van der Waals surface area (Å²) in [6.07, 6.45) is 3.02. The van der Waals surface area contributed by atoms with Crippen LogP contribution in [0.2, 0.25) is 0 Å². The second-order valence-electron chi connectivity index (χ2n) is 5.56. The van der Waals surface area contributed by atoms with E-state index in [1.807, 2.05) is 6.07 Å². The molecule has 0 aliphatic heterocycles. The Hall–Kier alpha value is -4.31. The van der Waals surface area contributed by atoms with Crippen LogP contribution in [0.3, 0.4) is 0 Å². The van der Waals surface area contributed by atoms with Crippen molar-refractivity contribution in [1.82, 2.24) is 19.7 Å². The van der Waals surface area contributed by atoms with Gasteiger partial charge in [-0.15, -0.1) is 10.2 Å². The standard InChI is InChI=1S/C18H16N10/c1-11-13(9-20)16(21-2)25-17(22-3)15(11)26-27-18-12(8-19)10-24-28(18)14-6-4-5-7-23-14/h4-7,10H,1-3H3,(H2,21,22,25). The fraction of sp³-hybridized carbons (Fsp3) is 0.167. The zero-order valence-electron chi connectivity index (χ0n) is 15.5. The van der Waals surface area contributed by atoms with Gasteiger partial charge in [-0.25, -0.2) is 9.97 Å². The van der Waals surface area contributed by atoms with Crippen molar-refractivity contribution in [3.05, 3.63) is 47.3 Å². The summed E-state index contributed by atoms with van der Waals surface area (Å²) in [6, 6.07) is 9.50. The predicted octanol–water partition coefficient (Wildman–Crippen LogP) is 3.21. The molecule has 0 amide bonds. The second kappa shape index (κ2) is 7.93. The summed E-state index contributed by atoms with van der Waals surface area (Å²) in [5.74, 6) is 1.63. The Morgan fingerprint density at radius 2 is 1.86 bits per heavy atom. The van der Waals surface area contributed by atoms with Gasteiger partial charge in [-0.2, -0.15) is 20.3 Å². The Kier molecular flexibility index (Phi) is 5.23. The number of nitrogens with zero attached hydrogens (tertiary/aromatic N) is 8. The molecule has 28 heavy (non-hydrogen) atoms. The molecule has 0 saturated carbocycles. The summed E-state index contributed by atoms with van der Waals surface area (Å²) < 4.78 is 1.43. The molecule has 10 heteroatoms. The van der Waals surface area contributed by atoms with Crippen LogP contribution in [0.4, 0.5) is 23.1 Å². The van der Waals surface area contributed by atoms with Crippen molar-refractivity contribution in [2.75, 3.05) is 24.7 Å². The molecule has 0 spiro atoms. The van der Waals surface area contributed by atoms with Crippen molar-refractivity contribution < 1.29 is 0 Å². The molecular formula is C18H16N10. The second-order valence-corrected chi connectivity index (χ2v) is 5.56. The third kappa shape index (κ3) is 3.22.